The van der Waals surface area contributed by atoms with Crippen molar-refractivity contribution in [3.63, 3.8) is 0 Å². The number of hydrogen-bond donors (Lipinski definition) is 0. The van der Waals surface area contributed by atoms with Gasteiger partial charge < -0.3 is 4.74 Å². The molecule has 1 heterocycles. The maximum Gasteiger partial charge on any atom is 0.0594 e. The Bertz CT molecular complexity index is 297. The summed E-state index contributed by atoms with van der Waals surface area (Å²) in [5.74, 6) is 0. The third-order valence-corrected chi connectivity index (χ3v) is 2.63. The molecule has 3 heteroatoms. The average molecular weight is 212 g/mol. The Hall–Kier alpha value is -0.570. The summed E-state index contributed by atoms with van der Waals surface area (Å²) < 4.78 is 5.29. The van der Waals surface area contributed by atoms with Crippen LogP contribution in [0.25, 0.3) is 0 Å². The predicted octanol–water partition coefficient (Wildman–Crippen LogP) is 2.17. The summed E-state index contributed by atoms with van der Waals surface area (Å²) in [6.07, 6.45) is 0. The quantitative estimate of drug-likeness (QED) is 0.744. The molecule has 1 aromatic carbocycles. The molecule has 0 saturated carbocycles. The molecule has 0 amide bonds. The second-order valence-electron chi connectivity index (χ2n) is 3.52. The minimum absolute atomic E-state index is 0.816. The van der Waals surface area contributed by atoms with Gasteiger partial charge in [0.2, 0.25) is 0 Å². The van der Waals surface area contributed by atoms with Crippen LogP contribution in [0.5, 0.6) is 0 Å². The molecule has 76 valence electrons. The fourth-order valence-corrected chi connectivity index (χ4v) is 1.87. The molecule has 0 radical (unpaired) electrons. The fourth-order valence-electron chi connectivity index (χ4n) is 1.65. The molecule has 1 saturated heterocycles. The molecular weight excluding hydrogens is 198 g/mol. The number of nitrogens with zero attached hydrogens (tertiary/aromatic N) is 1. The summed E-state index contributed by atoms with van der Waals surface area (Å²) >= 11 is 5.92. The van der Waals surface area contributed by atoms with E-state index in [1.54, 1.807) is 0 Å². The van der Waals surface area contributed by atoms with E-state index in [-0.39, 0.29) is 0 Å². The van der Waals surface area contributed by atoms with Crippen molar-refractivity contribution in [3.05, 3.63) is 34.9 Å². The van der Waals surface area contributed by atoms with E-state index in [1.807, 2.05) is 18.2 Å². The van der Waals surface area contributed by atoms with Gasteiger partial charge in [0.25, 0.3) is 0 Å². The first-order chi connectivity index (χ1) is 6.84. The molecule has 1 aliphatic rings. The Kier molecular flexibility index (Phi) is 3.40. The lowest BCUT2D eigenvalue weighted by Crippen LogP contribution is -2.35. The Morgan fingerprint density at radius 2 is 2.07 bits per heavy atom. The lowest BCUT2D eigenvalue weighted by atomic mass is 10.2. The van der Waals surface area contributed by atoms with Crippen molar-refractivity contribution in [2.75, 3.05) is 26.3 Å². The number of ether oxygens (including phenoxy) is 1. The van der Waals surface area contributed by atoms with E-state index in [0.29, 0.717) is 0 Å². The van der Waals surface area contributed by atoms with Gasteiger partial charge in [0.1, 0.15) is 0 Å². The highest BCUT2D eigenvalue weighted by atomic mass is 35.5. The molecule has 1 aromatic rings. The highest BCUT2D eigenvalue weighted by molar-refractivity contribution is 6.30. The van der Waals surface area contributed by atoms with E-state index in [4.69, 9.17) is 16.3 Å². The molecule has 1 fully saturated rings. The largest absolute Gasteiger partial charge is 0.379 e. The standard InChI is InChI=1S/C11H14ClNO/c12-11-3-1-2-10(8-11)9-13-4-6-14-7-5-13/h1-3,8H,4-7,9H2. The average Bonchev–Trinajstić information content (AvgIpc) is 2.19. The van der Waals surface area contributed by atoms with Gasteiger partial charge >= 0.3 is 0 Å². The molecule has 1 aliphatic heterocycles. The van der Waals surface area contributed by atoms with Crippen LogP contribution in [0.3, 0.4) is 0 Å². The molecule has 0 atom stereocenters. The zero-order valence-electron chi connectivity index (χ0n) is 8.08. The van der Waals surface area contributed by atoms with Gasteiger partial charge in [-0.1, -0.05) is 23.7 Å². The summed E-state index contributed by atoms with van der Waals surface area (Å²) in [5.41, 5.74) is 1.28. The third-order valence-electron chi connectivity index (χ3n) is 2.40. The fraction of sp³-hybridized carbons (Fsp3) is 0.455. The van der Waals surface area contributed by atoms with Crippen molar-refractivity contribution in [3.8, 4) is 0 Å². The number of rotatable bonds is 2. The van der Waals surface area contributed by atoms with Crippen molar-refractivity contribution >= 4 is 11.6 Å². The number of morpholine rings is 1. The minimum atomic E-state index is 0.816. The molecule has 2 nitrogen and oxygen atoms in total. The first-order valence-electron chi connectivity index (χ1n) is 4.89. The third kappa shape index (κ3) is 2.71. The molecule has 0 aliphatic carbocycles. The maximum atomic E-state index is 5.92. The van der Waals surface area contributed by atoms with Crippen LogP contribution >= 0.6 is 11.6 Å². The number of hydrogen-bond acceptors (Lipinski definition) is 2. The van der Waals surface area contributed by atoms with Crippen molar-refractivity contribution in [2.24, 2.45) is 0 Å². The van der Waals surface area contributed by atoms with E-state index in [2.05, 4.69) is 11.0 Å². The molecule has 14 heavy (non-hydrogen) atoms. The first-order valence-corrected chi connectivity index (χ1v) is 5.27. The van der Waals surface area contributed by atoms with E-state index in [1.165, 1.54) is 5.56 Å². The summed E-state index contributed by atoms with van der Waals surface area (Å²) in [4.78, 5) is 2.38. The van der Waals surface area contributed by atoms with Gasteiger partial charge in [-0.25, -0.2) is 0 Å². The van der Waals surface area contributed by atoms with Gasteiger partial charge in [0.05, 0.1) is 13.2 Å². The van der Waals surface area contributed by atoms with Crippen molar-refractivity contribution in [1.29, 1.82) is 0 Å². The van der Waals surface area contributed by atoms with Crippen LogP contribution in [0, 0.1) is 0 Å². The SMILES string of the molecule is Clc1cccc(CN2CCOCC2)c1. The van der Waals surface area contributed by atoms with Crippen LogP contribution in [0.1, 0.15) is 5.56 Å². The zero-order chi connectivity index (χ0) is 9.80. The molecule has 0 spiro atoms. The molecule has 0 aromatic heterocycles. The lowest BCUT2D eigenvalue weighted by molar-refractivity contribution is 0.0342. The lowest BCUT2D eigenvalue weighted by Gasteiger charge is -2.26. The summed E-state index contributed by atoms with van der Waals surface area (Å²) in [6, 6.07) is 8.04. The first kappa shape index (κ1) is 9.97. The summed E-state index contributed by atoms with van der Waals surface area (Å²) in [5, 5.41) is 0.816. The van der Waals surface area contributed by atoms with Gasteiger partial charge in [0, 0.05) is 24.7 Å². The predicted molar refractivity (Wildman–Crippen MR) is 57.5 cm³/mol. The Balaban J connectivity index is 1.95. The smallest absolute Gasteiger partial charge is 0.0594 e. The van der Waals surface area contributed by atoms with Gasteiger partial charge in [-0.3, -0.25) is 4.90 Å². The van der Waals surface area contributed by atoms with Crippen LogP contribution in [0.15, 0.2) is 24.3 Å². The number of benzene rings is 1. The van der Waals surface area contributed by atoms with Crippen molar-refractivity contribution < 1.29 is 4.74 Å². The van der Waals surface area contributed by atoms with Gasteiger partial charge in [-0.05, 0) is 17.7 Å². The topological polar surface area (TPSA) is 12.5 Å². The minimum Gasteiger partial charge on any atom is -0.379 e. The monoisotopic (exact) mass is 211 g/mol. The maximum absolute atomic E-state index is 5.92. The number of halogens is 1. The van der Waals surface area contributed by atoms with E-state index >= 15 is 0 Å². The highest BCUT2D eigenvalue weighted by Gasteiger charge is 2.10. The van der Waals surface area contributed by atoms with E-state index in [9.17, 15) is 0 Å². The molecule has 0 N–H and O–H groups in total. The van der Waals surface area contributed by atoms with Crippen LogP contribution < -0.4 is 0 Å². The second kappa shape index (κ2) is 4.78. The Labute approximate surface area is 89.4 Å². The zero-order valence-corrected chi connectivity index (χ0v) is 8.83. The molecule has 0 unspecified atom stereocenters. The van der Waals surface area contributed by atoms with Crippen molar-refractivity contribution in [1.82, 2.24) is 4.90 Å². The Morgan fingerprint density at radius 1 is 1.29 bits per heavy atom. The second-order valence-corrected chi connectivity index (χ2v) is 3.95. The van der Waals surface area contributed by atoms with Crippen LogP contribution in [-0.4, -0.2) is 31.2 Å². The van der Waals surface area contributed by atoms with E-state index < -0.39 is 0 Å². The van der Waals surface area contributed by atoms with E-state index in [0.717, 1.165) is 37.9 Å². The normalized spacial score (nSPS) is 18.4. The summed E-state index contributed by atoms with van der Waals surface area (Å²) in [6.45, 7) is 4.71. The summed E-state index contributed by atoms with van der Waals surface area (Å²) in [7, 11) is 0. The highest BCUT2D eigenvalue weighted by Crippen LogP contribution is 2.13. The molecular formula is C11H14ClNO. The van der Waals surface area contributed by atoms with Crippen LogP contribution in [0.2, 0.25) is 5.02 Å². The van der Waals surface area contributed by atoms with Gasteiger partial charge in [0.15, 0.2) is 0 Å². The van der Waals surface area contributed by atoms with Crippen LogP contribution in [0.4, 0.5) is 0 Å². The Morgan fingerprint density at radius 3 is 2.79 bits per heavy atom. The van der Waals surface area contributed by atoms with Gasteiger partial charge in [-0.15, -0.1) is 0 Å². The van der Waals surface area contributed by atoms with Gasteiger partial charge in [-0.2, -0.15) is 0 Å². The van der Waals surface area contributed by atoms with Crippen molar-refractivity contribution in [2.45, 2.75) is 6.54 Å². The molecule has 0 bridgehead atoms. The van der Waals surface area contributed by atoms with Crippen LogP contribution in [-0.2, 0) is 11.3 Å². The molecule has 2 rings (SSSR count).